The Kier molecular flexibility index (Phi) is 10.3. The SMILES string of the molecule is CCCc1c(OCCCOc2cc[c]c(OCc3ccc(C(=O)OC)cc3)c2)ccc(C2(C)OCCO2)c1OC. The number of benzene rings is 3. The summed E-state index contributed by atoms with van der Waals surface area (Å²) in [6.07, 6.45) is 2.46. The lowest BCUT2D eigenvalue weighted by Crippen LogP contribution is -2.24. The van der Waals surface area contributed by atoms with Crippen LogP contribution in [-0.4, -0.2) is 46.6 Å². The van der Waals surface area contributed by atoms with E-state index in [4.69, 9.17) is 33.2 Å². The van der Waals surface area contributed by atoms with Crippen LogP contribution in [0.3, 0.4) is 0 Å². The molecule has 8 heteroatoms. The Morgan fingerprint density at radius 3 is 2.42 bits per heavy atom. The van der Waals surface area contributed by atoms with Crippen molar-refractivity contribution in [2.24, 2.45) is 0 Å². The molecule has 1 heterocycles. The van der Waals surface area contributed by atoms with Gasteiger partial charge >= 0.3 is 5.97 Å². The maximum Gasteiger partial charge on any atom is 0.337 e. The van der Waals surface area contributed by atoms with Gasteiger partial charge in [-0.1, -0.05) is 25.5 Å². The molecule has 4 rings (SSSR count). The number of ether oxygens (including phenoxy) is 7. The number of hydrogen-bond donors (Lipinski definition) is 0. The van der Waals surface area contributed by atoms with E-state index in [-0.39, 0.29) is 5.97 Å². The Hall–Kier alpha value is -3.75. The van der Waals surface area contributed by atoms with Gasteiger partial charge in [0.15, 0.2) is 5.79 Å². The second-order valence-corrected chi connectivity index (χ2v) is 9.43. The van der Waals surface area contributed by atoms with Crippen molar-refractivity contribution >= 4 is 5.97 Å². The maximum absolute atomic E-state index is 11.6. The number of hydrogen-bond acceptors (Lipinski definition) is 8. The van der Waals surface area contributed by atoms with Crippen LogP contribution in [0.1, 0.15) is 53.7 Å². The Labute approximate surface area is 236 Å². The van der Waals surface area contributed by atoms with Gasteiger partial charge in [0.2, 0.25) is 0 Å². The molecule has 1 fully saturated rings. The molecule has 0 aromatic heterocycles. The predicted octanol–water partition coefficient (Wildman–Crippen LogP) is 5.88. The molecule has 1 radical (unpaired) electrons. The minimum Gasteiger partial charge on any atom is -0.496 e. The third kappa shape index (κ3) is 7.25. The van der Waals surface area contributed by atoms with Crippen molar-refractivity contribution in [1.82, 2.24) is 0 Å². The van der Waals surface area contributed by atoms with Gasteiger partial charge in [0.25, 0.3) is 0 Å². The average Bonchev–Trinajstić information content (AvgIpc) is 3.43. The quantitative estimate of drug-likeness (QED) is 0.182. The van der Waals surface area contributed by atoms with E-state index in [1.807, 2.05) is 37.3 Å². The van der Waals surface area contributed by atoms with Crippen molar-refractivity contribution in [2.75, 3.05) is 40.6 Å². The molecule has 40 heavy (non-hydrogen) atoms. The topological polar surface area (TPSA) is 81.7 Å². The predicted molar refractivity (Wildman–Crippen MR) is 149 cm³/mol. The van der Waals surface area contributed by atoms with E-state index in [1.54, 1.807) is 31.4 Å². The van der Waals surface area contributed by atoms with E-state index in [1.165, 1.54) is 7.11 Å². The molecule has 1 saturated heterocycles. The first kappa shape index (κ1) is 29.2. The van der Waals surface area contributed by atoms with Crippen molar-refractivity contribution in [3.63, 3.8) is 0 Å². The second-order valence-electron chi connectivity index (χ2n) is 9.43. The summed E-state index contributed by atoms with van der Waals surface area (Å²) in [6.45, 7) is 6.48. The summed E-state index contributed by atoms with van der Waals surface area (Å²) in [5.74, 6) is 1.64. The zero-order valence-electron chi connectivity index (χ0n) is 23.6. The van der Waals surface area contributed by atoms with Crippen LogP contribution in [0.25, 0.3) is 0 Å². The largest absolute Gasteiger partial charge is 0.496 e. The number of rotatable bonds is 14. The Morgan fingerprint density at radius 2 is 1.73 bits per heavy atom. The van der Waals surface area contributed by atoms with Crippen molar-refractivity contribution in [3.05, 3.63) is 82.9 Å². The van der Waals surface area contributed by atoms with Gasteiger partial charge in [0, 0.05) is 24.1 Å². The van der Waals surface area contributed by atoms with Crippen molar-refractivity contribution < 1.29 is 38.0 Å². The second kappa shape index (κ2) is 14.1. The van der Waals surface area contributed by atoms with Crippen LogP contribution in [0, 0.1) is 6.07 Å². The maximum atomic E-state index is 11.6. The number of esters is 1. The number of carbonyl (C=O) groups is 1. The van der Waals surface area contributed by atoms with Crippen LogP contribution in [0.2, 0.25) is 0 Å². The van der Waals surface area contributed by atoms with Gasteiger partial charge in [-0.3, -0.25) is 0 Å². The fourth-order valence-corrected chi connectivity index (χ4v) is 4.54. The fourth-order valence-electron chi connectivity index (χ4n) is 4.54. The van der Waals surface area contributed by atoms with Crippen LogP contribution in [0.5, 0.6) is 23.0 Å². The Bertz CT molecular complexity index is 1250. The highest BCUT2D eigenvalue weighted by Crippen LogP contribution is 2.42. The van der Waals surface area contributed by atoms with E-state index in [2.05, 4.69) is 13.0 Å². The average molecular weight is 550 g/mol. The molecule has 0 amide bonds. The lowest BCUT2D eigenvalue weighted by Gasteiger charge is -2.27. The van der Waals surface area contributed by atoms with E-state index in [0.717, 1.165) is 41.0 Å². The van der Waals surface area contributed by atoms with E-state index >= 15 is 0 Å². The molecule has 3 aromatic carbocycles. The summed E-state index contributed by atoms with van der Waals surface area (Å²) in [4.78, 5) is 11.6. The van der Waals surface area contributed by atoms with Crippen molar-refractivity contribution in [2.45, 2.75) is 45.5 Å². The molecular formula is C32H37O8. The zero-order valence-corrected chi connectivity index (χ0v) is 23.6. The third-order valence-corrected chi connectivity index (χ3v) is 6.58. The lowest BCUT2D eigenvalue weighted by atomic mass is 9.98. The molecule has 1 aliphatic rings. The first-order chi connectivity index (χ1) is 19.5. The smallest absolute Gasteiger partial charge is 0.337 e. The van der Waals surface area contributed by atoms with Crippen LogP contribution in [0.4, 0.5) is 0 Å². The molecular weight excluding hydrogens is 512 g/mol. The standard InChI is InChI=1S/C32H37O8/c1-5-8-27-29(16-15-28(30(27)34-3)32(2)39-19-20-40-32)37-18-7-17-36-25-9-6-10-26(21-25)38-22-23-11-13-24(14-12-23)31(33)35-4/h6,9,11-16,21H,5,7-8,17-20,22H2,1-4H3. The lowest BCUT2D eigenvalue weighted by molar-refractivity contribution is -0.150. The van der Waals surface area contributed by atoms with Gasteiger partial charge in [-0.25, -0.2) is 4.79 Å². The van der Waals surface area contributed by atoms with Gasteiger partial charge in [-0.15, -0.1) is 0 Å². The Balaban J connectivity index is 1.28. The molecule has 0 spiro atoms. The fraction of sp³-hybridized carbons (Fsp3) is 0.406. The number of methoxy groups -OCH3 is 2. The highest BCUT2D eigenvalue weighted by molar-refractivity contribution is 5.89. The molecule has 213 valence electrons. The number of carbonyl (C=O) groups excluding carboxylic acids is 1. The third-order valence-electron chi connectivity index (χ3n) is 6.58. The summed E-state index contributed by atoms with van der Waals surface area (Å²) >= 11 is 0. The summed E-state index contributed by atoms with van der Waals surface area (Å²) in [6, 6.07) is 19.5. The van der Waals surface area contributed by atoms with E-state index in [0.29, 0.717) is 56.5 Å². The molecule has 0 N–H and O–H groups in total. The molecule has 0 aliphatic carbocycles. The zero-order chi connectivity index (χ0) is 28.4. The van der Waals surface area contributed by atoms with Gasteiger partial charge in [-0.05, 0) is 55.3 Å². The van der Waals surface area contributed by atoms with Crippen molar-refractivity contribution in [1.29, 1.82) is 0 Å². The van der Waals surface area contributed by atoms with Crippen LogP contribution in [-0.2, 0) is 33.0 Å². The molecule has 0 bridgehead atoms. The molecule has 0 unspecified atom stereocenters. The molecule has 0 atom stereocenters. The summed E-state index contributed by atoms with van der Waals surface area (Å²) in [7, 11) is 3.03. The van der Waals surface area contributed by atoms with Crippen LogP contribution in [0.15, 0.2) is 54.6 Å². The summed E-state index contributed by atoms with van der Waals surface area (Å²) < 4.78 is 40.2. The van der Waals surface area contributed by atoms with Gasteiger partial charge in [-0.2, -0.15) is 0 Å². The first-order valence-corrected chi connectivity index (χ1v) is 13.5. The monoisotopic (exact) mass is 549 g/mol. The molecule has 3 aromatic rings. The van der Waals surface area contributed by atoms with E-state index in [9.17, 15) is 4.79 Å². The summed E-state index contributed by atoms with van der Waals surface area (Å²) in [5, 5.41) is 0. The Morgan fingerprint density at radius 1 is 0.975 bits per heavy atom. The van der Waals surface area contributed by atoms with Gasteiger partial charge < -0.3 is 33.2 Å². The van der Waals surface area contributed by atoms with Crippen molar-refractivity contribution in [3.8, 4) is 23.0 Å². The minimum absolute atomic E-state index is 0.342. The minimum atomic E-state index is -0.814. The normalized spacial score (nSPS) is 14.0. The van der Waals surface area contributed by atoms with Gasteiger partial charge in [0.1, 0.15) is 29.6 Å². The summed E-state index contributed by atoms with van der Waals surface area (Å²) in [5.41, 5.74) is 3.32. The molecule has 0 saturated carbocycles. The first-order valence-electron chi connectivity index (χ1n) is 13.5. The highest BCUT2D eigenvalue weighted by Gasteiger charge is 2.37. The van der Waals surface area contributed by atoms with Gasteiger partial charge in [0.05, 0.1) is 51.8 Å². The van der Waals surface area contributed by atoms with Crippen LogP contribution >= 0.6 is 0 Å². The molecule has 1 aliphatic heterocycles. The van der Waals surface area contributed by atoms with Crippen LogP contribution < -0.4 is 18.9 Å². The highest BCUT2D eigenvalue weighted by atomic mass is 16.7. The van der Waals surface area contributed by atoms with E-state index < -0.39 is 5.79 Å². The molecule has 8 nitrogen and oxygen atoms in total.